The maximum absolute atomic E-state index is 12.4. The van der Waals surface area contributed by atoms with Crippen LogP contribution in [0.25, 0.3) is 0 Å². The van der Waals surface area contributed by atoms with E-state index in [4.69, 9.17) is 4.74 Å². The van der Waals surface area contributed by atoms with E-state index < -0.39 is 5.54 Å². The number of nitrogens with one attached hydrogen (secondary N) is 1. The van der Waals surface area contributed by atoms with Crippen LogP contribution in [0.4, 0.5) is 4.79 Å². The molecule has 1 N–H and O–H groups in total. The molecule has 3 rings (SSSR count). The van der Waals surface area contributed by atoms with Gasteiger partial charge in [-0.05, 0) is 44.2 Å². The fourth-order valence-electron chi connectivity index (χ4n) is 2.82. The van der Waals surface area contributed by atoms with E-state index in [2.05, 4.69) is 5.32 Å². The van der Waals surface area contributed by atoms with Crippen LogP contribution in [0.15, 0.2) is 24.3 Å². The van der Waals surface area contributed by atoms with Crippen molar-refractivity contribution in [2.75, 3.05) is 13.2 Å². The number of carbonyl (C=O) groups excluding carboxylic acids is 2. The molecule has 1 saturated carbocycles. The first-order valence-electron chi connectivity index (χ1n) is 7.35. The number of carbonyl (C=O) groups is 2. The maximum atomic E-state index is 12.4. The summed E-state index contributed by atoms with van der Waals surface area (Å²) in [7, 11) is 0. The number of para-hydroxylation sites is 1. The summed E-state index contributed by atoms with van der Waals surface area (Å²) in [6, 6.07) is 7.40. The van der Waals surface area contributed by atoms with Gasteiger partial charge in [-0.25, -0.2) is 4.79 Å². The van der Waals surface area contributed by atoms with Crippen molar-refractivity contribution in [3.8, 4) is 5.75 Å². The molecule has 1 aliphatic heterocycles. The van der Waals surface area contributed by atoms with Gasteiger partial charge in [0.05, 0.1) is 6.54 Å². The Morgan fingerprint density at radius 3 is 2.71 bits per heavy atom. The van der Waals surface area contributed by atoms with Crippen molar-refractivity contribution < 1.29 is 14.3 Å². The fraction of sp³-hybridized carbons (Fsp3) is 0.500. The average Bonchev–Trinajstić information content (AvgIpc) is 3.26. The van der Waals surface area contributed by atoms with Crippen LogP contribution in [0, 0.1) is 12.8 Å². The number of rotatable bonds is 5. The Hall–Kier alpha value is -2.04. The number of amides is 3. The first-order valence-corrected chi connectivity index (χ1v) is 7.35. The SMILES string of the molecule is Cc1ccccc1OCCN1C(=O)NC(C)(C2CC2)C1=O. The van der Waals surface area contributed by atoms with Crippen molar-refractivity contribution in [2.45, 2.75) is 32.2 Å². The van der Waals surface area contributed by atoms with Crippen molar-refractivity contribution in [3.05, 3.63) is 29.8 Å². The highest BCUT2D eigenvalue weighted by molar-refractivity contribution is 6.07. The summed E-state index contributed by atoms with van der Waals surface area (Å²) in [5.74, 6) is 0.953. The molecule has 1 unspecified atom stereocenters. The number of nitrogens with zero attached hydrogens (tertiary/aromatic N) is 1. The lowest BCUT2D eigenvalue weighted by Gasteiger charge is -2.21. The van der Waals surface area contributed by atoms with Gasteiger partial charge in [-0.15, -0.1) is 0 Å². The van der Waals surface area contributed by atoms with E-state index in [-0.39, 0.29) is 24.4 Å². The minimum absolute atomic E-state index is 0.122. The van der Waals surface area contributed by atoms with Crippen LogP contribution in [0.3, 0.4) is 0 Å². The molecule has 0 aromatic heterocycles. The molecular weight excluding hydrogens is 268 g/mol. The van der Waals surface area contributed by atoms with Gasteiger partial charge in [0, 0.05) is 0 Å². The Kier molecular flexibility index (Phi) is 3.35. The van der Waals surface area contributed by atoms with Gasteiger partial charge in [-0.3, -0.25) is 9.69 Å². The Bertz CT molecular complexity index is 583. The molecule has 1 aromatic carbocycles. The maximum Gasteiger partial charge on any atom is 0.325 e. The Labute approximate surface area is 124 Å². The number of imide groups is 1. The summed E-state index contributed by atoms with van der Waals surface area (Å²) >= 11 is 0. The predicted molar refractivity (Wildman–Crippen MR) is 78.0 cm³/mol. The Morgan fingerprint density at radius 2 is 2.05 bits per heavy atom. The largest absolute Gasteiger partial charge is 0.491 e. The van der Waals surface area contributed by atoms with Crippen molar-refractivity contribution in [3.63, 3.8) is 0 Å². The van der Waals surface area contributed by atoms with E-state index in [9.17, 15) is 9.59 Å². The van der Waals surface area contributed by atoms with Crippen molar-refractivity contribution in [2.24, 2.45) is 5.92 Å². The summed E-state index contributed by atoms with van der Waals surface area (Å²) in [6.07, 6.45) is 2.02. The molecule has 0 bridgehead atoms. The number of urea groups is 1. The van der Waals surface area contributed by atoms with Crippen LogP contribution < -0.4 is 10.1 Å². The van der Waals surface area contributed by atoms with Gasteiger partial charge in [-0.1, -0.05) is 18.2 Å². The van der Waals surface area contributed by atoms with Crippen LogP contribution in [0.2, 0.25) is 0 Å². The molecule has 3 amide bonds. The molecule has 1 aromatic rings. The van der Waals surface area contributed by atoms with Crippen LogP contribution >= 0.6 is 0 Å². The summed E-state index contributed by atoms with van der Waals surface area (Å²) in [5, 5.41) is 2.83. The van der Waals surface area contributed by atoms with Crippen LogP contribution in [0.1, 0.15) is 25.3 Å². The molecule has 2 fully saturated rings. The molecule has 5 heteroatoms. The molecular formula is C16H20N2O3. The topological polar surface area (TPSA) is 58.6 Å². The molecule has 1 heterocycles. The van der Waals surface area contributed by atoms with Crippen LogP contribution in [-0.4, -0.2) is 35.5 Å². The third-order valence-electron chi connectivity index (χ3n) is 4.36. The van der Waals surface area contributed by atoms with Gasteiger partial charge in [0.2, 0.25) is 0 Å². The van der Waals surface area contributed by atoms with Gasteiger partial charge >= 0.3 is 6.03 Å². The highest BCUT2D eigenvalue weighted by atomic mass is 16.5. The van der Waals surface area contributed by atoms with E-state index in [0.29, 0.717) is 6.61 Å². The zero-order valence-corrected chi connectivity index (χ0v) is 12.4. The minimum atomic E-state index is -0.709. The van der Waals surface area contributed by atoms with Gasteiger partial charge < -0.3 is 10.1 Å². The molecule has 1 atom stereocenters. The van der Waals surface area contributed by atoms with Crippen molar-refractivity contribution in [1.29, 1.82) is 0 Å². The van der Waals surface area contributed by atoms with Crippen LogP contribution in [-0.2, 0) is 4.79 Å². The lowest BCUT2D eigenvalue weighted by molar-refractivity contribution is -0.131. The van der Waals surface area contributed by atoms with E-state index in [0.717, 1.165) is 24.2 Å². The number of ether oxygens (including phenoxy) is 1. The first kappa shape index (κ1) is 13.9. The summed E-state index contributed by atoms with van der Waals surface area (Å²) in [4.78, 5) is 25.7. The standard InChI is InChI=1S/C16H20N2O3/c1-11-5-3-4-6-13(11)21-10-9-18-14(19)16(2,12-7-8-12)17-15(18)20/h3-6,12H,7-10H2,1-2H3,(H,17,20). The molecule has 21 heavy (non-hydrogen) atoms. The lowest BCUT2D eigenvalue weighted by Crippen LogP contribution is -2.46. The number of aryl methyl sites for hydroxylation is 1. The first-order chi connectivity index (χ1) is 10.0. The zero-order valence-electron chi connectivity index (χ0n) is 12.4. The van der Waals surface area contributed by atoms with Gasteiger partial charge in [0.25, 0.3) is 5.91 Å². The third-order valence-corrected chi connectivity index (χ3v) is 4.36. The molecule has 1 saturated heterocycles. The summed E-state index contributed by atoms with van der Waals surface area (Å²) < 4.78 is 5.67. The quantitative estimate of drug-likeness (QED) is 0.844. The van der Waals surface area contributed by atoms with E-state index >= 15 is 0 Å². The molecule has 1 aliphatic carbocycles. The van der Waals surface area contributed by atoms with E-state index in [1.165, 1.54) is 4.90 Å². The second kappa shape index (κ2) is 5.06. The highest BCUT2D eigenvalue weighted by Gasteiger charge is 2.55. The monoisotopic (exact) mass is 288 g/mol. The van der Waals surface area contributed by atoms with Crippen molar-refractivity contribution >= 4 is 11.9 Å². The van der Waals surface area contributed by atoms with Gasteiger partial charge in [0.15, 0.2) is 0 Å². The summed E-state index contributed by atoms with van der Waals surface area (Å²) in [5.41, 5.74) is 0.331. The molecule has 5 nitrogen and oxygen atoms in total. The molecule has 112 valence electrons. The molecule has 0 radical (unpaired) electrons. The average molecular weight is 288 g/mol. The smallest absolute Gasteiger partial charge is 0.325 e. The van der Waals surface area contributed by atoms with E-state index in [1.54, 1.807) is 0 Å². The second-order valence-electron chi connectivity index (χ2n) is 5.98. The third kappa shape index (κ3) is 2.48. The number of hydrogen-bond acceptors (Lipinski definition) is 3. The predicted octanol–water partition coefficient (Wildman–Crippen LogP) is 2.09. The van der Waals surface area contributed by atoms with Gasteiger partial charge in [-0.2, -0.15) is 0 Å². The normalized spacial score (nSPS) is 25.1. The Balaban J connectivity index is 1.59. The van der Waals surface area contributed by atoms with E-state index in [1.807, 2.05) is 38.1 Å². The van der Waals surface area contributed by atoms with Gasteiger partial charge in [0.1, 0.15) is 17.9 Å². The molecule has 0 spiro atoms. The van der Waals surface area contributed by atoms with Crippen molar-refractivity contribution in [1.82, 2.24) is 10.2 Å². The molecule has 2 aliphatic rings. The zero-order chi connectivity index (χ0) is 15.0. The second-order valence-corrected chi connectivity index (χ2v) is 5.98. The Morgan fingerprint density at radius 1 is 1.33 bits per heavy atom. The summed E-state index contributed by atoms with van der Waals surface area (Å²) in [6.45, 7) is 4.38. The lowest BCUT2D eigenvalue weighted by atomic mass is 9.96. The minimum Gasteiger partial charge on any atom is -0.491 e. The number of benzene rings is 1. The van der Waals surface area contributed by atoms with Crippen LogP contribution in [0.5, 0.6) is 5.75 Å². The fourth-order valence-corrected chi connectivity index (χ4v) is 2.82. The number of hydrogen-bond donors (Lipinski definition) is 1. The highest BCUT2D eigenvalue weighted by Crippen LogP contribution is 2.42.